The van der Waals surface area contributed by atoms with Crippen LogP contribution >= 0.6 is 0 Å². The van der Waals surface area contributed by atoms with Crippen LogP contribution in [0.25, 0.3) is 22.0 Å². The van der Waals surface area contributed by atoms with Crippen molar-refractivity contribution < 1.29 is 4.79 Å². The summed E-state index contributed by atoms with van der Waals surface area (Å²) in [6.45, 7) is 0. The van der Waals surface area contributed by atoms with Gasteiger partial charge in [0.05, 0.1) is 5.52 Å². The van der Waals surface area contributed by atoms with Gasteiger partial charge < -0.3 is 4.98 Å². The molecule has 0 unspecified atom stereocenters. The number of nitrogens with zero attached hydrogens (tertiary/aromatic N) is 1. The fraction of sp³-hybridized carbons (Fsp3) is 0. The molecule has 3 heteroatoms. The number of carbonyl (C=O) groups is 1. The average molecular weight is 222 g/mol. The summed E-state index contributed by atoms with van der Waals surface area (Å²) in [4.78, 5) is 18.1. The number of carbonyl (C=O) groups excluding carboxylic acids is 1. The Morgan fingerprint density at radius 2 is 1.94 bits per heavy atom. The molecule has 2 aromatic heterocycles. The number of hydrogen-bond acceptors (Lipinski definition) is 2. The molecule has 0 radical (unpaired) electrons. The van der Waals surface area contributed by atoms with E-state index in [1.54, 1.807) is 18.6 Å². The quantitative estimate of drug-likeness (QED) is 0.677. The molecule has 1 N–H and O–H groups in total. The number of rotatable bonds is 2. The third kappa shape index (κ3) is 1.52. The van der Waals surface area contributed by atoms with Gasteiger partial charge in [-0.25, -0.2) is 0 Å². The number of fused-ring (bicyclic) bond motifs is 1. The van der Waals surface area contributed by atoms with Gasteiger partial charge >= 0.3 is 0 Å². The van der Waals surface area contributed by atoms with Gasteiger partial charge in [0.1, 0.15) is 0 Å². The number of aromatic nitrogens is 2. The lowest BCUT2D eigenvalue weighted by Crippen LogP contribution is -1.81. The second-order valence-electron chi connectivity index (χ2n) is 3.83. The molecule has 17 heavy (non-hydrogen) atoms. The Kier molecular flexibility index (Phi) is 2.22. The molecule has 3 nitrogen and oxygen atoms in total. The summed E-state index contributed by atoms with van der Waals surface area (Å²) in [5.74, 6) is 0. The van der Waals surface area contributed by atoms with Gasteiger partial charge in [-0.1, -0.05) is 18.2 Å². The number of benzene rings is 1. The van der Waals surface area contributed by atoms with Crippen molar-refractivity contribution in [1.82, 2.24) is 9.97 Å². The van der Waals surface area contributed by atoms with Crippen LogP contribution in [0.5, 0.6) is 0 Å². The van der Waals surface area contributed by atoms with E-state index in [0.29, 0.717) is 5.56 Å². The molecular formula is C14H10N2O. The maximum atomic E-state index is 10.9. The van der Waals surface area contributed by atoms with Gasteiger partial charge in [-0.15, -0.1) is 0 Å². The number of aromatic amines is 1. The minimum absolute atomic E-state index is 0.691. The lowest BCUT2D eigenvalue weighted by atomic mass is 10.0. The zero-order valence-corrected chi connectivity index (χ0v) is 9.05. The molecule has 0 aliphatic heterocycles. The Labute approximate surface area is 98.1 Å². The van der Waals surface area contributed by atoms with Gasteiger partial charge in [-0.3, -0.25) is 9.78 Å². The number of H-pyrrole nitrogens is 1. The normalized spacial score (nSPS) is 10.6. The SMILES string of the molecule is O=Cc1c[nH]c2c(-c3ccncc3)cccc12. The molecule has 0 aliphatic carbocycles. The van der Waals surface area contributed by atoms with Crippen molar-refractivity contribution in [2.24, 2.45) is 0 Å². The van der Waals surface area contributed by atoms with Crippen molar-refractivity contribution in [2.75, 3.05) is 0 Å². The van der Waals surface area contributed by atoms with E-state index >= 15 is 0 Å². The maximum absolute atomic E-state index is 10.9. The maximum Gasteiger partial charge on any atom is 0.152 e. The Balaban J connectivity index is 2.31. The topological polar surface area (TPSA) is 45.8 Å². The van der Waals surface area contributed by atoms with Crippen LogP contribution in [0.15, 0.2) is 48.9 Å². The van der Waals surface area contributed by atoms with E-state index in [9.17, 15) is 4.79 Å². The van der Waals surface area contributed by atoms with E-state index in [0.717, 1.165) is 28.3 Å². The third-order valence-electron chi connectivity index (χ3n) is 2.87. The smallest absolute Gasteiger partial charge is 0.152 e. The predicted octanol–water partition coefficient (Wildman–Crippen LogP) is 3.04. The molecular weight excluding hydrogens is 212 g/mol. The lowest BCUT2D eigenvalue weighted by Gasteiger charge is -2.02. The minimum atomic E-state index is 0.691. The van der Waals surface area contributed by atoms with Crippen molar-refractivity contribution in [1.29, 1.82) is 0 Å². The molecule has 3 aromatic rings. The van der Waals surface area contributed by atoms with Crippen molar-refractivity contribution in [3.63, 3.8) is 0 Å². The van der Waals surface area contributed by atoms with Crippen LogP contribution in [-0.4, -0.2) is 16.3 Å². The molecule has 3 rings (SSSR count). The van der Waals surface area contributed by atoms with Crippen molar-refractivity contribution in [3.05, 3.63) is 54.5 Å². The standard InChI is InChI=1S/C14H10N2O/c17-9-11-8-16-14-12(2-1-3-13(11)14)10-4-6-15-7-5-10/h1-9,16H. The van der Waals surface area contributed by atoms with Gasteiger partial charge in [0.25, 0.3) is 0 Å². The molecule has 0 saturated carbocycles. The molecule has 2 heterocycles. The number of hydrogen-bond donors (Lipinski definition) is 1. The number of aldehydes is 1. The lowest BCUT2D eigenvalue weighted by molar-refractivity contribution is 0.112. The summed E-state index contributed by atoms with van der Waals surface area (Å²) in [5, 5.41) is 0.953. The minimum Gasteiger partial charge on any atom is -0.360 e. The van der Waals surface area contributed by atoms with Gasteiger partial charge in [-0.05, 0) is 17.7 Å². The average Bonchev–Trinajstić information content (AvgIpc) is 2.82. The van der Waals surface area contributed by atoms with Crippen molar-refractivity contribution in [2.45, 2.75) is 0 Å². The molecule has 82 valence electrons. The van der Waals surface area contributed by atoms with Gasteiger partial charge in [0.15, 0.2) is 6.29 Å². The second-order valence-corrected chi connectivity index (χ2v) is 3.83. The van der Waals surface area contributed by atoms with Crippen LogP contribution < -0.4 is 0 Å². The first-order valence-corrected chi connectivity index (χ1v) is 5.36. The summed E-state index contributed by atoms with van der Waals surface area (Å²) in [6.07, 6.45) is 6.13. The van der Waals surface area contributed by atoms with E-state index in [4.69, 9.17) is 0 Å². The summed E-state index contributed by atoms with van der Waals surface area (Å²) in [6, 6.07) is 9.84. The summed E-state index contributed by atoms with van der Waals surface area (Å²) in [7, 11) is 0. The second kappa shape index (κ2) is 3.87. The Hall–Kier alpha value is -2.42. The van der Waals surface area contributed by atoms with Crippen LogP contribution in [-0.2, 0) is 0 Å². The highest BCUT2D eigenvalue weighted by atomic mass is 16.1. The number of para-hydroxylation sites is 1. The predicted molar refractivity (Wildman–Crippen MR) is 66.9 cm³/mol. The zero-order chi connectivity index (χ0) is 11.7. The molecule has 0 bridgehead atoms. The van der Waals surface area contributed by atoms with E-state index in [1.807, 2.05) is 30.3 Å². The molecule has 0 saturated heterocycles. The Bertz CT molecular complexity index is 671. The first kappa shape index (κ1) is 9.78. The first-order valence-electron chi connectivity index (χ1n) is 5.36. The highest BCUT2D eigenvalue weighted by molar-refractivity contribution is 6.03. The van der Waals surface area contributed by atoms with Crippen LogP contribution in [0.4, 0.5) is 0 Å². The van der Waals surface area contributed by atoms with E-state index < -0.39 is 0 Å². The highest BCUT2D eigenvalue weighted by Crippen LogP contribution is 2.28. The number of nitrogens with one attached hydrogen (secondary N) is 1. The van der Waals surface area contributed by atoms with Crippen LogP contribution in [0.1, 0.15) is 10.4 Å². The van der Waals surface area contributed by atoms with E-state index in [2.05, 4.69) is 9.97 Å². The molecule has 1 aromatic carbocycles. The Morgan fingerprint density at radius 1 is 1.12 bits per heavy atom. The zero-order valence-electron chi connectivity index (χ0n) is 9.05. The fourth-order valence-electron chi connectivity index (χ4n) is 2.05. The van der Waals surface area contributed by atoms with Crippen LogP contribution in [0.2, 0.25) is 0 Å². The molecule has 0 fully saturated rings. The summed E-state index contributed by atoms with van der Waals surface area (Å²) in [5.41, 5.74) is 3.85. The fourth-order valence-corrected chi connectivity index (χ4v) is 2.05. The summed E-state index contributed by atoms with van der Waals surface area (Å²) < 4.78 is 0. The molecule has 0 atom stereocenters. The third-order valence-corrected chi connectivity index (χ3v) is 2.87. The Morgan fingerprint density at radius 3 is 2.71 bits per heavy atom. The summed E-state index contributed by atoms with van der Waals surface area (Å²) >= 11 is 0. The van der Waals surface area contributed by atoms with Gasteiger partial charge in [0, 0.05) is 35.1 Å². The van der Waals surface area contributed by atoms with E-state index in [1.165, 1.54) is 0 Å². The molecule has 0 amide bonds. The van der Waals surface area contributed by atoms with Gasteiger partial charge in [-0.2, -0.15) is 0 Å². The van der Waals surface area contributed by atoms with Crippen molar-refractivity contribution in [3.8, 4) is 11.1 Å². The molecule has 0 aliphatic rings. The highest BCUT2D eigenvalue weighted by Gasteiger charge is 2.07. The van der Waals surface area contributed by atoms with E-state index in [-0.39, 0.29) is 0 Å². The molecule has 0 spiro atoms. The van der Waals surface area contributed by atoms with Crippen LogP contribution in [0.3, 0.4) is 0 Å². The van der Waals surface area contributed by atoms with Crippen LogP contribution in [0, 0.1) is 0 Å². The first-order chi connectivity index (χ1) is 8.40. The monoisotopic (exact) mass is 222 g/mol. The largest absolute Gasteiger partial charge is 0.360 e. The number of pyridine rings is 1. The van der Waals surface area contributed by atoms with Gasteiger partial charge in [0.2, 0.25) is 0 Å². The van der Waals surface area contributed by atoms with Crippen molar-refractivity contribution >= 4 is 17.2 Å².